The largest absolute Gasteiger partial charge is 0.497 e. The molecule has 0 unspecified atom stereocenters. The maximum atomic E-state index is 12.0. The van der Waals surface area contributed by atoms with Gasteiger partial charge in [0.1, 0.15) is 5.75 Å². The summed E-state index contributed by atoms with van der Waals surface area (Å²) in [6.07, 6.45) is 3.70. The Labute approximate surface area is 134 Å². The molecule has 0 spiro atoms. The highest BCUT2D eigenvalue weighted by atomic mass is 79.9. The average molecular weight is 364 g/mol. The third kappa shape index (κ3) is 4.36. The SMILES string of the molecule is COc1ccc(Br)c(NC(=O)C[C@@H]2CCC[C@H]2N)c1.Cl. The van der Waals surface area contributed by atoms with Gasteiger partial charge in [0.15, 0.2) is 0 Å². The molecule has 1 aromatic rings. The zero-order valence-corrected chi connectivity index (χ0v) is 13.8. The monoisotopic (exact) mass is 362 g/mol. The van der Waals surface area contributed by atoms with E-state index in [-0.39, 0.29) is 24.4 Å². The van der Waals surface area contributed by atoms with Crippen LogP contribution in [0.1, 0.15) is 25.7 Å². The number of carbonyl (C=O) groups is 1. The Kier molecular flexibility index (Phi) is 6.79. The molecule has 1 amide bonds. The first-order valence-corrected chi connectivity index (χ1v) is 7.28. The number of carbonyl (C=O) groups excluding carboxylic acids is 1. The molecule has 1 aromatic carbocycles. The maximum absolute atomic E-state index is 12.0. The topological polar surface area (TPSA) is 64.3 Å². The maximum Gasteiger partial charge on any atom is 0.224 e. The Morgan fingerprint density at radius 3 is 2.85 bits per heavy atom. The van der Waals surface area contributed by atoms with Crippen molar-refractivity contribution >= 4 is 39.9 Å². The predicted octanol–water partition coefficient (Wildman–Crippen LogP) is 3.34. The number of rotatable bonds is 4. The van der Waals surface area contributed by atoms with Crippen molar-refractivity contribution in [3.8, 4) is 5.75 Å². The van der Waals surface area contributed by atoms with Crippen molar-refractivity contribution in [2.75, 3.05) is 12.4 Å². The molecule has 1 fully saturated rings. The molecule has 0 radical (unpaired) electrons. The molecule has 112 valence electrons. The van der Waals surface area contributed by atoms with Crippen LogP contribution in [0.4, 0.5) is 5.69 Å². The van der Waals surface area contributed by atoms with E-state index in [0.29, 0.717) is 12.3 Å². The molecule has 1 aliphatic rings. The van der Waals surface area contributed by atoms with E-state index in [0.717, 1.165) is 35.2 Å². The van der Waals surface area contributed by atoms with Gasteiger partial charge in [-0.25, -0.2) is 0 Å². The fourth-order valence-electron chi connectivity index (χ4n) is 2.49. The van der Waals surface area contributed by atoms with Crippen LogP contribution < -0.4 is 15.8 Å². The second-order valence-corrected chi connectivity index (χ2v) is 5.81. The van der Waals surface area contributed by atoms with Crippen molar-refractivity contribution in [3.63, 3.8) is 0 Å². The number of benzene rings is 1. The number of hydrogen-bond acceptors (Lipinski definition) is 3. The van der Waals surface area contributed by atoms with Gasteiger partial charge < -0.3 is 15.8 Å². The number of halogens is 2. The number of amides is 1. The molecule has 4 nitrogen and oxygen atoms in total. The van der Waals surface area contributed by atoms with Gasteiger partial charge in [-0.1, -0.05) is 6.42 Å². The number of nitrogens with two attached hydrogens (primary N) is 1. The number of ether oxygens (including phenoxy) is 1. The number of methoxy groups -OCH3 is 1. The van der Waals surface area contributed by atoms with E-state index in [2.05, 4.69) is 21.2 Å². The van der Waals surface area contributed by atoms with Crippen LogP contribution >= 0.6 is 28.3 Å². The summed E-state index contributed by atoms with van der Waals surface area (Å²) in [5.74, 6) is 1.04. The minimum Gasteiger partial charge on any atom is -0.497 e. The highest BCUT2D eigenvalue weighted by molar-refractivity contribution is 9.10. The summed E-state index contributed by atoms with van der Waals surface area (Å²) < 4.78 is 5.99. The molecule has 1 saturated carbocycles. The van der Waals surface area contributed by atoms with Crippen LogP contribution in [0.3, 0.4) is 0 Å². The Bertz CT molecular complexity index is 470. The second kappa shape index (κ2) is 7.86. The van der Waals surface area contributed by atoms with Crippen molar-refractivity contribution in [1.82, 2.24) is 0 Å². The van der Waals surface area contributed by atoms with Gasteiger partial charge in [-0.15, -0.1) is 12.4 Å². The fourth-order valence-corrected chi connectivity index (χ4v) is 2.83. The zero-order valence-electron chi connectivity index (χ0n) is 11.4. The lowest BCUT2D eigenvalue weighted by Gasteiger charge is -2.15. The summed E-state index contributed by atoms with van der Waals surface area (Å²) >= 11 is 3.42. The van der Waals surface area contributed by atoms with E-state index in [4.69, 9.17) is 10.5 Å². The van der Waals surface area contributed by atoms with E-state index >= 15 is 0 Å². The predicted molar refractivity (Wildman–Crippen MR) is 86.5 cm³/mol. The van der Waals surface area contributed by atoms with Crippen molar-refractivity contribution in [3.05, 3.63) is 22.7 Å². The summed E-state index contributed by atoms with van der Waals surface area (Å²) in [5.41, 5.74) is 6.72. The summed E-state index contributed by atoms with van der Waals surface area (Å²) in [4.78, 5) is 12.0. The van der Waals surface area contributed by atoms with E-state index in [1.165, 1.54) is 0 Å². The Balaban J connectivity index is 0.00000200. The van der Waals surface area contributed by atoms with Crippen molar-refractivity contribution in [2.45, 2.75) is 31.7 Å². The lowest BCUT2D eigenvalue weighted by molar-refractivity contribution is -0.117. The average Bonchev–Trinajstić information content (AvgIpc) is 2.78. The van der Waals surface area contributed by atoms with Crippen LogP contribution in [0.5, 0.6) is 5.75 Å². The van der Waals surface area contributed by atoms with Crippen LogP contribution in [-0.2, 0) is 4.79 Å². The van der Waals surface area contributed by atoms with E-state index in [9.17, 15) is 4.79 Å². The lowest BCUT2D eigenvalue weighted by atomic mass is 10.00. The first kappa shape index (κ1) is 17.3. The number of nitrogens with one attached hydrogen (secondary N) is 1. The molecule has 3 N–H and O–H groups in total. The Morgan fingerprint density at radius 1 is 1.50 bits per heavy atom. The molecule has 20 heavy (non-hydrogen) atoms. The van der Waals surface area contributed by atoms with Crippen LogP contribution in [-0.4, -0.2) is 19.1 Å². The smallest absolute Gasteiger partial charge is 0.224 e. The summed E-state index contributed by atoms with van der Waals surface area (Å²) in [7, 11) is 1.60. The van der Waals surface area contributed by atoms with Gasteiger partial charge in [0.2, 0.25) is 5.91 Å². The first-order chi connectivity index (χ1) is 9.10. The minimum absolute atomic E-state index is 0. The van der Waals surface area contributed by atoms with Gasteiger partial charge in [0.05, 0.1) is 12.8 Å². The molecule has 6 heteroatoms. The fraction of sp³-hybridized carbons (Fsp3) is 0.500. The summed E-state index contributed by atoms with van der Waals surface area (Å²) in [6, 6.07) is 5.67. The molecule has 0 heterocycles. The first-order valence-electron chi connectivity index (χ1n) is 6.49. The van der Waals surface area contributed by atoms with Crippen molar-refractivity contribution in [2.24, 2.45) is 11.7 Å². The molecular formula is C14H20BrClN2O2. The highest BCUT2D eigenvalue weighted by Crippen LogP contribution is 2.29. The Hall–Kier alpha value is -0.780. The highest BCUT2D eigenvalue weighted by Gasteiger charge is 2.26. The van der Waals surface area contributed by atoms with Crippen LogP contribution in [0.2, 0.25) is 0 Å². The van der Waals surface area contributed by atoms with Gasteiger partial charge in [0, 0.05) is 23.0 Å². The van der Waals surface area contributed by atoms with Crippen molar-refractivity contribution in [1.29, 1.82) is 0 Å². The van der Waals surface area contributed by atoms with Crippen LogP contribution in [0, 0.1) is 5.92 Å². The lowest BCUT2D eigenvalue weighted by Crippen LogP contribution is -2.28. The third-order valence-corrected chi connectivity index (χ3v) is 4.30. The molecule has 0 aliphatic heterocycles. The van der Waals surface area contributed by atoms with Gasteiger partial charge in [0.25, 0.3) is 0 Å². The van der Waals surface area contributed by atoms with Gasteiger partial charge in [-0.3, -0.25) is 4.79 Å². The minimum atomic E-state index is 0. The third-order valence-electron chi connectivity index (χ3n) is 3.61. The molecule has 2 rings (SSSR count). The molecule has 0 aromatic heterocycles. The molecule has 0 saturated heterocycles. The zero-order chi connectivity index (χ0) is 13.8. The summed E-state index contributed by atoms with van der Waals surface area (Å²) in [6.45, 7) is 0. The van der Waals surface area contributed by atoms with Gasteiger partial charge in [-0.05, 0) is 46.8 Å². The van der Waals surface area contributed by atoms with E-state index in [1.807, 2.05) is 12.1 Å². The molecular weight excluding hydrogens is 344 g/mol. The van der Waals surface area contributed by atoms with E-state index in [1.54, 1.807) is 13.2 Å². The van der Waals surface area contributed by atoms with Crippen molar-refractivity contribution < 1.29 is 9.53 Å². The summed E-state index contributed by atoms with van der Waals surface area (Å²) in [5, 5.41) is 2.91. The van der Waals surface area contributed by atoms with Crippen LogP contribution in [0.15, 0.2) is 22.7 Å². The number of anilines is 1. The van der Waals surface area contributed by atoms with Crippen LogP contribution in [0.25, 0.3) is 0 Å². The number of hydrogen-bond donors (Lipinski definition) is 2. The molecule has 2 atom stereocenters. The molecule has 0 bridgehead atoms. The second-order valence-electron chi connectivity index (χ2n) is 4.95. The van der Waals surface area contributed by atoms with Gasteiger partial charge >= 0.3 is 0 Å². The van der Waals surface area contributed by atoms with E-state index < -0.39 is 0 Å². The standard InChI is InChI=1S/C14H19BrN2O2.ClH/c1-19-10-5-6-11(15)13(8-10)17-14(18)7-9-3-2-4-12(9)16;/h5-6,8-9,12H,2-4,7,16H2,1H3,(H,17,18);1H/t9-,12+;/m0./s1. The quantitative estimate of drug-likeness (QED) is 0.862. The Morgan fingerprint density at radius 2 is 2.25 bits per heavy atom. The van der Waals surface area contributed by atoms with Gasteiger partial charge in [-0.2, -0.15) is 0 Å². The molecule has 1 aliphatic carbocycles. The normalized spacial score (nSPS) is 21.1.